The SMILES string of the molecule is C=C[C@H]1CN2CC[C@H]1C[C@H]2[C@H](O)c1ccnc2ccc(OC)cc12.[Bi+3].[I-]. The molecule has 1 N–H and O–H groups in total. The third-order valence-electron chi connectivity index (χ3n) is 5.82. The molecule has 3 aliphatic rings. The minimum atomic E-state index is -0.504. The number of aliphatic hydroxyl groups is 1. The summed E-state index contributed by atoms with van der Waals surface area (Å²) in [5.41, 5.74) is 1.85. The molecule has 3 fully saturated rings. The quantitative estimate of drug-likeness (QED) is 0.281. The van der Waals surface area contributed by atoms with Gasteiger partial charge in [0.2, 0.25) is 0 Å². The summed E-state index contributed by atoms with van der Waals surface area (Å²) in [6, 6.07) is 7.96. The molecular weight excluding hydrogens is 636 g/mol. The number of hydrogen-bond acceptors (Lipinski definition) is 4. The molecule has 6 heteroatoms. The molecule has 0 spiro atoms. The van der Waals surface area contributed by atoms with Gasteiger partial charge in [0.25, 0.3) is 0 Å². The molecule has 136 valence electrons. The van der Waals surface area contributed by atoms with Crippen LogP contribution in [0.25, 0.3) is 10.9 Å². The van der Waals surface area contributed by atoms with Crippen LogP contribution in [-0.4, -0.2) is 67.4 Å². The standard InChI is InChI=1S/C20H24N2O2.Bi.HI/c1-3-13-12-22-9-7-14(13)10-19(22)20(23)16-6-8-21-18-5-4-15(24-2)11-17(16)18;;/h3-6,8,11,13-14,19-20,23H,1,7,9-10,12H2,2H3;;1H/q;+3;/p-1/t13-,14-,19-,20+;;/m0../s1. The zero-order chi connectivity index (χ0) is 16.7. The van der Waals surface area contributed by atoms with E-state index in [0.29, 0.717) is 11.8 Å². The van der Waals surface area contributed by atoms with Crippen molar-refractivity contribution in [3.63, 3.8) is 0 Å². The number of fused-ring (bicyclic) bond motifs is 4. The maximum absolute atomic E-state index is 11.2. The molecule has 26 heavy (non-hydrogen) atoms. The Labute approximate surface area is 191 Å². The molecule has 4 nitrogen and oxygen atoms in total. The third kappa shape index (κ3) is 3.94. The molecule has 2 bridgehead atoms. The summed E-state index contributed by atoms with van der Waals surface area (Å²) in [5, 5.41) is 12.1. The van der Waals surface area contributed by atoms with Crippen LogP contribution in [0.1, 0.15) is 24.5 Å². The van der Waals surface area contributed by atoms with E-state index < -0.39 is 6.10 Å². The Bertz CT molecular complexity index is 773. The molecular formula is C20H24BiIN2O2+2. The van der Waals surface area contributed by atoms with E-state index in [1.165, 1.54) is 6.42 Å². The molecule has 3 saturated heterocycles. The van der Waals surface area contributed by atoms with Crippen LogP contribution in [0, 0.1) is 11.8 Å². The molecule has 2 aromatic rings. The Morgan fingerprint density at radius 2 is 2.19 bits per heavy atom. The number of methoxy groups -OCH3 is 1. The average molecular weight is 660 g/mol. The number of aromatic nitrogens is 1. The van der Waals surface area contributed by atoms with Crippen molar-refractivity contribution >= 4 is 37.1 Å². The fraction of sp³-hybridized carbons (Fsp3) is 0.450. The number of benzene rings is 1. The predicted molar refractivity (Wildman–Crippen MR) is 101 cm³/mol. The van der Waals surface area contributed by atoms with Gasteiger partial charge in [-0.15, -0.1) is 6.58 Å². The summed E-state index contributed by atoms with van der Waals surface area (Å²) in [6.07, 6.45) is 5.62. The van der Waals surface area contributed by atoms with Crippen LogP contribution in [-0.2, 0) is 0 Å². The minimum Gasteiger partial charge on any atom is -1.00 e. The monoisotopic (exact) mass is 660 g/mol. The molecule has 1 aromatic carbocycles. The van der Waals surface area contributed by atoms with Gasteiger partial charge >= 0.3 is 26.2 Å². The molecule has 0 saturated carbocycles. The molecule has 5 atom stereocenters. The van der Waals surface area contributed by atoms with Crippen LogP contribution in [0.4, 0.5) is 0 Å². The molecule has 4 heterocycles. The summed E-state index contributed by atoms with van der Waals surface area (Å²) >= 11 is 0. The zero-order valence-corrected chi connectivity index (χ0v) is 20.5. The number of halogens is 1. The van der Waals surface area contributed by atoms with Gasteiger partial charge in [-0.25, -0.2) is 0 Å². The van der Waals surface area contributed by atoms with Gasteiger partial charge in [0.05, 0.1) is 18.7 Å². The van der Waals surface area contributed by atoms with Crippen molar-refractivity contribution in [2.24, 2.45) is 11.8 Å². The molecule has 2 radical (unpaired) electrons. The van der Waals surface area contributed by atoms with Crippen LogP contribution in [0.5, 0.6) is 5.75 Å². The maximum atomic E-state index is 11.2. The van der Waals surface area contributed by atoms with E-state index in [1.807, 2.05) is 24.3 Å². The van der Waals surface area contributed by atoms with E-state index in [0.717, 1.165) is 41.7 Å². The second-order valence-electron chi connectivity index (χ2n) is 6.97. The second kappa shape index (κ2) is 9.27. The number of aliphatic hydroxyl groups excluding tert-OH is 1. The van der Waals surface area contributed by atoms with E-state index in [4.69, 9.17) is 4.74 Å². The molecule has 1 unspecified atom stereocenters. The smallest absolute Gasteiger partial charge is 1.00 e. The van der Waals surface area contributed by atoms with E-state index >= 15 is 0 Å². The molecule has 3 aliphatic heterocycles. The molecule has 0 amide bonds. The Balaban J connectivity index is 0.00000121. The van der Waals surface area contributed by atoms with Crippen molar-refractivity contribution < 1.29 is 33.8 Å². The fourth-order valence-electron chi connectivity index (χ4n) is 4.44. The first-order valence-electron chi connectivity index (χ1n) is 8.68. The first kappa shape index (κ1) is 22.0. The Morgan fingerprint density at radius 3 is 2.85 bits per heavy atom. The van der Waals surface area contributed by atoms with E-state index in [2.05, 4.69) is 22.5 Å². The first-order valence-corrected chi connectivity index (χ1v) is 8.68. The first-order chi connectivity index (χ1) is 11.7. The van der Waals surface area contributed by atoms with Gasteiger partial charge < -0.3 is 33.8 Å². The van der Waals surface area contributed by atoms with Gasteiger partial charge in [0, 0.05) is 24.2 Å². The van der Waals surface area contributed by atoms with Crippen molar-refractivity contribution in [2.75, 3.05) is 20.2 Å². The van der Waals surface area contributed by atoms with E-state index in [1.54, 1.807) is 13.3 Å². The van der Waals surface area contributed by atoms with Crippen LogP contribution in [0.2, 0.25) is 0 Å². The van der Waals surface area contributed by atoms with Gasteiger partial charge in [-0.3, -0.25) is 9.88 Å². The predicted octanol–water partition coefficient (Wildman–Crippen LogP) is -0.204. The Hall–Kier alpha value is -0.297. The third-order valence-corrected chi connectivity index (χ3v) is 5.82. The van der Waals surface area contributed by atoms with Crippen LogP contribution >= 0.6 is 0 Å². The Kier molecular flexibility index (Phi) is 7.84. The molecule has 5 rings (SSSR count). The molecule has 0 aliphatic carbocycles. The maximum Gasteiger partial charge on any atom is 3.00 e. The van der Waals surface area contributed by atoms with Crippen molar-refractivity contribution in [3.05, 3.63) is 48.7 Å². The topological polar surface area (TPSA) is 45.6 Å². The van der Waals surface area contributed by atoms with Gasteiger partial charge in [0.15, 0.2) is 0 Å². The number of rotatable bonds is 4. The van der Waals surface area contributed by atoms with E-state index in [-0.39, 0.29) is 56.2 Å². The fourth-order valence-corrected chi connectivity index (χ4v) is 4.44. The molecule has 1 aromatic heterocycles. The minimum absolute atomic E-state index is 0. The van der Waals surface area contributed by atoms with E-state index in [9.17, 15) is 5.11 Å². The second-order valence-corrected chi connectivity index (χ2v) is 6.97. The number of nitrogens with zero attached hydrogens (tertiary/aromatic N) is 2. The number of pyridine rings is 1. The van der Waals surface area contributed by atoms with Crippen LogP contribution < -0.4 is 28.7 Å². The van der Waals surface area contributed by atoms with Gasteiger partial charge in [0.1, 0.15) is 5.75 Å². The van der Waals surface area contributed by atoms with Crippen molar-refractivity contribution in [1.29, 1.82) is 0 Å². The number of ether oxygens (including phenoxy) is 1. The summed E-state index contributed by atoms with van der Waals surface area (Å²) in [4.78, 5) is 6.86. The van der Waals surface area contributed by atoms with Gasteiger partial charge in [-0.1, -0.05) is 6.08 Å². The van der Waals surface area contributed by atoms with Crippen molar-refractivity contribution in [1.82, 2.24) is 9.88 Å². The average Bonchev–Trinajstić information content (AvgIpc) is 2.66. The van der Waals surface area contributed by atoms with Crippen molar-refractivity contribution in [3.8, 4) is 5.75 Å². The number of hydrogen-bond donors (Lipinski definition) is 1. The number of piperidine rings is 3. The van der Waals surface area contributed by atoms with Crippen LogP contribution in [0.15, 0.2) is 43.1 Å². The summed E-state index contributed by atoms with van der Waals surface area (Å²) in [7, 11) is 1.66. The normalized spacial score (nSPS) is 27.9. The van der Waals surface area contributed by atoms with Gasteiger partial charge in [-0.05, 0) is 61.1 Å². The Morgan fingerprint density at radius 1 is 1.38 bits per heavy atom. The van der Waals surface area contributed by atoms with Crippen molar-refractivity contribution in [2.45, 2.75) is 25.0 Å². The largest absolute Gasteiger partial charge is 3.00 e. The zero-order valence-electron chi connectivity index (χ0n) is 14.9. The van der Waals surface area contributed by atoms with Gasteiger partial charge in [-0.2, -0.15) is 0 Å². The van der Waals surface area contributed by atoms with Crippen LogP contribution in [0.3, 0.4) is 0 Å². The summed E-state index contributed by atoms with van der Waals surface area (Å²) in [6.45, 7) is 6.07. The summed E-state index contributed by atoms with van der Waals surface area (Å²) in [5.74, 6) is 2.01. The summed E-state index contributed by atoms with van der Waals surface area (Å²) < 4.78 is 5.35.